The first-order chi connectivity index (χ1) is 15.4. The zero-order chi connectivity index (χ0) is 22.8. The van der Waals surface area contributed by atoms with Gasteiger partial charge < -0.3 is 10.1 Å². The number of hydrazine groups is 1. The summed E-state index contributed by atoms with van der Waals surface area (Å²) in [5.74, 6) is -0.345. The smallest absolute Gasteiger partial charge is 0.408 e. The van der Waals surface area contributed by atoms with Crippen LogP contribution in [0.1, 0.15) is 37.9 Å². The molecule has 3 atom stereocenters. The molecule has 0 radical (unpaired) electrons. The number of fused-ring (bicyclic) bond motifs is 1. The van der Waals surface area contributed by atoms with Gasteiger partial charge in [-0.25, -0.2) is 9.80 Å². The normalized spacial score (nSPS) is 22.6. The number of nitrogens with one attached hydrogen (secondary N) is 1. The molecule has 1 saturated heterocycles. The standard InChI is InChI=1S/C25H27N3O4/c1-16(2)22-21(26-25(31)32-15-18-10-6-4-7-11-18)24(30)27-14-20(17(3)29)23(28(22)27)19-12-8-5-9-13-19/h4-14,16,21-23H,15H2,1-3H3,(H,26,31)/t21-,22-,23+/m1/s1. The molecule has 0 saturated carbocycles. The topological polar surface area (TPSA) is 79.0 Å². The van der Waals surface area contributed by atoms with E-state index in [1.165, 1.54) is 11.9 Å². The molecule has 2 amide bonds. The van der Waals surface area contributed by atoms with Gasteiger partial charge in [0.1, 0.15) is 12.6 Å². The Labute approximate surface area is 187 Å². The summed E-state index contributed by atoms with van der Waals surface area (Å²) in [6.07, 6.45) is 0.960. The zero-order valence-corrected chi connectivity index (χ0v) is 18.4. The molecule has 32 heavy (non-hydrogen) atoms. The molecule has 0 spiro atoms. The highest BCUT2D eigenvalue weighted by molar-refractivity contribution is 5.98. The van der Waals surface area contributed by atoms with E-state index in [1.807, 2.05) is 79.5 Å². The summed E-state index contributed by atoms with van der Waals surface area (Å²) >= 11 is 0. The number of rotatable bonds is 6. The van der Waals surface area contributed by atoms with Crippen LogP contribution in [0.15, 0.2) is 72.4 Å². The molecular weight excluding hydrogens is 406 g/mol. The van der Waals surface area contributed by atoms with Crippen molar-refractivity contribution in [1.82, 2.24) is 15.3 Å². The lowest BCUT2D eigenvalue weighted by Gasteiger charge is -2.34. The number of nitrogens with zero attached hydrogens (tertiary/aromatic N) is 2. The number of amides is 2. The highest BCUT2D eigenvalue weighted by Crippen LogP contribution is 2.44. The van der Waals surface area contributed by atoms with Crippen molar-refractivity contribution in [2.45, 2.75) is 45.5 Å². The largest absolute Gasteiger partial charge is 0.445 e. The maximum absolute atomic E-state index is 13.3. The second-order valence-corrected chi connectivity index (χ2v) is 8.44. The molecule has 1 N–H and O–H groups in total. The van der Waals surface area contributed by atoms with Crippen molar-refractivity contribution < 1.29 is 19.1 Å². The molecular formula is C25H27N3O4. The molecule has 2 aliphatic heterocycles. The predicted molar refractivity (Wildman–Crippen MR) is 119 cm³/mol. The molecule has 0 bridgehead atoms. The molecule has 166 valence electrons. The van der Waals surface area contributed by atoms with E-state index in [2.05, 4.69) is 5.32 Å². The molecule has 0 aromatic heterocycles. The van der Waals surface area contributed by atoms with Gasteiger partial charge in [0.05, 0.1) is 12.1 Å². The summed E-state index contributed by atoms with van der Waals surface area (Å²) in [4.78, 5) is 38.3. The third-order valence-electron chi connectivity index (χ3n) is 5.90. The average molecular weight is 434 g/mol. The highest BCUT2D eigenvalue weighted by atomic mass is 16.5. The quantitative estimate of drug-likeness (QED) is 0.753. The van der Waals surface area contributed by atoms with Crippen molar-refractivity contribution in [1.29, 1.82) is 0 Å². The molecule has 1 fully saturated rings. The molecule has 2 heterocycles. The third kappa shape index (κ3) is 4.03. The maximum Gasteiger partial charge on any atom is 0.408 e. The summed E-state index contributed by atoms with van der Waals surface area (Å²) in [7, 11) is 0. The van der Waals surface area contributed by atoms with Gasteiger partial charge in [-0.05, 0) is 24.0 Å². The second-order valence-electron chi connectivity index (χ2n) is 8.44. The number of alkyl carbamates (subject to hydrolysis) is 1. The van der Waals surface area contributed by atoms with Crippen LogP contribution in [0.2, 0.25) is 0 Å². The second kappa shape index (κ2) is 8.96. The molecule has 2 aromatic rings. The SMILES string of the molecule is CC(=O)C1=CN2C(=O)[C@H](NC(=O)OCc3ccccc3)[C@@H](C(C)C)N2[C@H]1c1ccccc1. The van der Waals surface area contributed by atoms with Gasteiger partial charge in [-0.1, -0.05) is 74.5 Å². The molecule has 4 rings (SSSR count). The maximum atomic E-state index is 13.3. The fourth-order valence-electron chi connectivity index (χ4n) is 4.45. The van der Waals surface area contributed by atoms with Crippen molar-refractivity contribution in [3.8, 4) is 0 Å². The van der Waals surface area contributed by atoms with Gasteiger partial charge in [-0.2, -0.15) is 5.01 Å². The van der Waals surface area contributed by atoms with Crippen LogP contribution in [0, 0.1) is 5.92 Å². The number of carbonyl (C=O) groups is 3. The van der Waals surface area contributed by atoms with E-state index in [0.29, 0.717) is 5.57 Å². The van der Waals surface area contributed by atoms with Crippen LogP contribution in [0.4, 0.5) is 4.79 Å². The summed E-state index contributed by atoms with van der Waals surface area (Å²) in [5, 5.41) is 6.17. The van der Waals surface area contributed by atoms with Gasteiger partial charge in [0.2, 0.25) is 0 Å². The van der Waals surface area contributed by atoms with Gasteiger partial charge in [0.25, 0.3) is 5.91 Å². The first-order valence-electron chi connectivity index (χ1n) is 10.7. The lowest BCUT2D eigenvalue weighted by molar-refractivity contribution is -0.134. The Bertz CT molecular complexity index is 1040. The van der Waals surface area contributed by atoms with Crippen molar-refractivity contribution >= 4 is 17.8 Å². The number of carbonyl (C=O) groups excluding carboxylic acids is 3. The molecule has 7 heteroatoms. The first-order valence-corrected chi connectivity index (χ1v) is 10.7. The lowest BCUT2D eigenvalue weighted by atomic mass is 9.91. The Morgan fingerprint density at radius 2 is 1.66 bits per heavy atom. The summed E-state index contributed by atoms with van der Waals surface area (Å²) in [5.41, 5.74) is 2.34. The lowest BCUT2D eigenvalue weighted by Crippen LogP contribution is -2.50. The Hall–Kier alpha value is -3.45. The van der Waals surface area contributed by atoms with Gasteiger partial charge >= 0.3 is 6.09 Å². The van der Waals surface area contributed by atoms with E-state index in [0.717, 1.165) is 11.1 Å². The molecule has 0 aliphatic carbocycles. The number of hydrogen-bond acceptors (Lipinski definition) is 5. The van der Waals surface area contributed by atoms with E-state index >= 15 is 0 Å². The molecule has 0 unspecified atom stereocenters. The average Bonchev–Trinajstić information content (AvgIpc) is 3.29. The third-order valence-corrected chi connectivity index (χ3v) is 5.90. The summed E-state index contributed by atoms with van der Waals surface area (Å²) in [6.45, 7) is 5.63. The van der Waals surface area contributed by atoms with Crippen molar-refractivity contribution in [3.63, 3.8) is 0 Å². The Morgan fingerprint density at radius 3 is 2.25 bits per heavy atom. The molecule has 2 aliphatic rings. The van der Waals surface area contributed by atoms with Crippen molar-refractivity contribution in [3.05, 3.63) is 83.6 Å². The van der Waals surface area contributed by atoms with Crippen LogP contribution in [0.5, 0.6) is 0 Å². The summed E-state index contributed by atoms with van der Waals surface area (Å²) < 4.78 is 5.35. The van der Waals surface area contributed by atoms with E-state index in [4.69, 9.17) is 4.74 Å². The van der Waals surface area contributed by atoms with Crippen molar-refractivity contribution in [2.75, 3.05) is 0 Å². The fourth-order valence-corrected chi connectivity index (χ4v) is 4.45. The van der Waals surface area contributed by atoms with Crippen LogP contribution in [-0.2, 0) is 20.9 Å². The Kier molecular flexibility index (Phi) is 6.10. The highest BCUT2D eigenvalue weighted by Gasteiger charge is 2.55. The van der Waals surface area contributed by atoms with E-state index in [9.17, 15) is 14.4 Å². The minimum Gasteiger partial charge on any atom is -0.445 e. The van der Waals surface area contributed by atoms with Crippen LogP contribution in [0.25, 0.3) is 0 Å². The monoisotopic (exact) mass is 433 g/mol. The van der Waals surface area contributed by atoms with Crippen LogP contribution >= 0.6 is 0 Å². The Balaban J connectivity index is 1.58. The summed E-state index contributed by atoms with van der Waals surface area (Å²) in [6, 6.07) is 17.5. The first kappa shape index (κ1) is 21.8. The zero-order valence-electron chi connectivity index (χ0n) is 18.4. The van der Waals surface area contributed by atoms with Gasteiger partial charge in [-0.3, -0.25) is 9.59 Å². The number of ether oxygens (including phenoxy) is 1. The number of benzene rings is 2. The fraction of sp³-hybridized carbons (Fsp3) is 0.320. The Morgan fingerprint density at radius 1 is 1.03 bits per heavy atom. The molecule has 7 nitrogen and oxygen atoms in total. The van der Waals surface area contributed by atoms with Crippen LogP contribution in [-0.4, -0.2) is 39.9 Å². The van der Waals surface area contributed by atoms with E-state index < -0.39 is 18.2 Å². The number of hydrogen-bond donors (Lipinski definition) is 1. The van der Waals surface area contributed by atoms with Gasteiger partial charge in [0.15, 0.2) is 5.78 Å². The number of Topliss-reactive ketones (excluding diaryl/α,β-unsaturated/α-hetero) is 1. The van der Waals surface area contributed by atoms with Gasteiger partial charge in [0, 0.05) is 11.8 Å². The minimum atomic E-state index is -0.783. The van der Waals surface area contributed by atoms with E-state index in [-0.39, 0.29) is 30.3 Å². The van der Waals surface area contributed by atoms with E-state index in [1.54, 1.807) is 6.20 Å². The number of ketones is 1. The predicted octanol–water partition coefficient (Wildman–Crippen LogP) is 3.59. The van der Waals surface area contributed by atoms with Crippen molar-refractivity contribution in [2.24, 2.45) is 5.92 Å². The van der Waals surface area contributed by atoms with Crippen LogP contribution < -0.4 is 5.32 Å². The molecule has 2 aromatic carbocycles. The minimum absolute atomic E-state index is 0.0225. The van der Waals surface area contributed by atoms with Crippen LogP contribution in [0.3, 0.4) is 0 Å². The van der Waals surface area contributed by atoms with Gasteiger partial charge in [-0.15, -0.1) is 0 Å².